The number of phosphoric ester groups is 1. The monoisotopic (exact) mass is 1350 g/mol. The number of quaternary nitrogens is 1. The molecule has 1 N–H and O–H groups in total. The van der Waals surface area contributed by atoms with Crippen molar-refractivity contribution in [2.75, 3.05) is 47.5 Å². The maximum Gasteiger partial charge on any atom is 0.472 e. The summed E-state index contributed by atoms with van der Waals surface area (Å²) in [6.45, 7) is 4.31. The number of rotatable bonds is 71. The molecule has 0 fully saturated rings. The molecule has 0 aliphatic heterocycles. The van der Waals surface area contributed by atoms with E-state index in [1.165, 1.54) is 167 Å². The predicted molar refractivity (Wildman–Crippen MR) is 417 cm³/mol. The lowest BCUT2D eigenvalue weighted by molar-refractivity contribution is -0.870. The van der Waals surface area contributed by atoms with Crippen molar-refractivity contribution in [3.63, 3.8) is 0 Å². The van der Waals surface area contributed by atoms with Gasteiger partial charge in [0.2, 0.25) is 0 Å². The smallest absolute Gasteiger partial charge is 0.462 e. The third-order valence-corrected chi connectivity index (χ3v) is 17.5. The second-order valence-electron chi connectivity index (χ2n) is 27.0. The molecular weight excluding hydrogens is 1210 g/mol. The van der Waals surface area contributed by atoms with Gasteiger partial charge in [0.15, 0.2) is 6.10 Å². The fourth-order valence-electron chi connectivity index (χ4n) is 10.6. The highest BCUT2D eigenvalue weighted by Gasteiger charge is 2.27. The Morgan fingerprint density at radius 1 is 0.333 bits per heavy atom. The van der Waals surface area contributed by atoms with Crippen LogP contribution in [0, 0.1) is 0 Å². The van der Waals surface area contributed by atoms with E-state index in [0.717, 1.165) is 122 Å². The molecule has 96 heavy (non-hydrogen) atoms. The average molecular weight is 1350 g/mol. The minimum atomic E-state index is -4.41. The van der Waals surface area contributed by atoms with Gasteiger partial charge in [0.1, 0.15) is 19.8 Å². The molecule has 0 aliphatic rings. The summed E-state index contributed by atoms with van der Waals surface area (Å²) in [6.07, 6.45) is 112. The van der Waals surface area contributed by atoms with Crippen molar-refractivity contribution >= 4 is 19.8 Å². The number of phosphoric acid groups is 1. The van der Waals surface area contributed by atoms with Crippen LogP contribution >= 0.6 is 7.82 Å². The summed E-state index contributed by atoms with van der Waals surface area (Å²) < 4.78 is 34.8. The molecule has 0 aromatic carbocycles. The van der Waals surface area contributed by atoms with Gasteiger partial charge in [0.05, 0.1) is 27.7 Å². The number of allylic oxidation sites excluding steroid dienone is 26. The summed E-state index contributed by atoms with van der Waals surface area (Å²) in [7, 11) is 1.46. The van der Waals surface area contributed by atoms with E-state index in [2.05, 4.69) is 172 Å². The first-order valence-corrected chi connectivity index (χ1v) is 40.7. The second kappa shape index (κ2) is 74.8. The highest BCUT2D eigenvalue weighted by molar-refractivity contribution is 7.47. The number of esters is 2. The van der Waals surface area contributed by atoms with Gasteiger partial charge in [-0.3, -0.25) is 18.6 Å². The first kappa shape index (κ1) is 91.6. The van der Waals surface area contributed by atoms with Gasteiger partial charge in [-0.05, 0) is 128 Å². The first-order valence-electron chi connectivity index (χ1n) is 39.2. The van der Waals surface area contributed by atoms with Crippen molar-refractivity contribution in [1.29, 1.82) is 0 Å². The highest BCUT2D eigenvalue weighted by Crippen LogP contribution is 2.43. The third kappa shape index (κ3) is 78.6. The molecule has 0 radical (unpaired) electrons. The molecule has 0 saturated carbocycles. The van der Waals surface area contributed by atoms with Crippen LogP contribution in [0.1, 0.15) is 322 Å². The molecule has 10 heteroatoms. The van der Waals surface area contributed by atoms with Gasteiger partial charge in [-0.15, -0.1) is 0 Å². The summed E-state index contributed by atoms with van der Waals surface area (Å²) >= 11 is 0. The Labute approximate surface area is 592 Å². The quantitative estimate of drug-likeness (QED) is 0.0211. The summed E-state index contributed by atoms with van der Waals surface area (Å²) in [5, 5.41) is 0. The molecule has 0 spiro atoms. The zero-order chi connectivity index (χ0) is 69.7. The van der Waals surface area contributed by atoms with Gasteiger partial charge in [-0.1, -0.05) is 339 Å². The Balaban J connectivity index is 4.06. The van der Waals surface area contributed by atoms with Gasteiger partial charge in [0, 0.05) is 12.8 Å². The summed E-state index contributed by atoms with van der Waals surface area (Å²) in [4.78, 5) is 36.0. The lowest BCUT2D eigenvalue weighted by atomic mass is 10.0. The molecule has 9 nitrogen and oxygen atoms in total. The molecule has 2 atom stereocenters. The zero-order valence-electron chi connectivity index (χ0n) is 62.6. The fraction of sp³-hybridized carbons (Fsp3) is 0.674. The lowest BCUT2D eigenvalue weighted by Gasteiger charge is -2.24. The second-order valence-corrected chi connectivity index (χ2v) is 28.5. The van der Waals surface area contributed by atoms with E-state index in [4.69, 9.17) is 18.5 Å². The molecule has 0 aromatic heterocycles. The fourth-order valence-corrected chi connectivity index (χ4v) is 11.3. The van der Waals surface area contributed by atoms with E-state index >= 15 is 0 Å². The van der Waals surface area contributed by atoms with Crippen molar-refractivity contribution in [3.05, 3.63) is 158 Å². The highest BCUT2D eigenvalue weighted by atomic mass is 31.2. The largest absolute Gasteiger partial charge is 0.472 e. The zero-order valence-corrected chi connectivity index (χ0v) is 63.5. The average Bonchev–Trinajstić information content (AvgIpc) is 1.98. The van der Waals surface area contributed by atoms with Gasteiger partial charge in [0.25, 0.3) is 0 Å². The van der Waals surface area contributed by atoms with Gasteiger partial charge < -0.3 is 18.9 Å². The maximum atomic E-state index is 12.9. The van der Waals surface area contributed by atoms with E-state index in [9.17, 15) is 19.0 Å². The first-order chi connectivity index (χ1) is 47.0. The third-order valence-electron chi connectivity index (χ3n) is 16.5. The predicted octanol–water partition coefficient (Wildman–Crippen LogP) is 26.3. The molecule has 2 unspecified atom stereocenters. The van der Waals surface area contributed by atoms with Crippen LogP contribution in [0.3, 0.4) is 0 Å². The normalized spacial score (nSPS) is 13.9. The number of nitrogens with zero attached hydrogens (tertiary/aromatic N) is 1. The number of hydrogen-bond acceptors (Lipinski definition) is 7. The van der Waals surface area contributed by atoms with Gasteiger partial charge in [-0.2, -0.15) is 0 Å². The number of carbonyl (C=O) groups is 2. The van der Waals surface area contributed by atoms with Crippen LogP contribution in [-0.4, -0.2) is 74.9 Å². The van der Waals surface area contributed by atoms with Crippen LogP contribution in [0.15, 0.2) is 158 Å². The number of likely N-dealkylation sites (N-methyl/N-ethyl adjacent to an activating group) is 1. The van der Waals surface area contributed by atoms with Crippen LogP contribution in [0.2, 0.25) is 0 Å². The van der Waals surface area contributed by atoms with Crippen molar-refractivity contribution in [2.45, 2.75) is 328 Å². The Kier molecular flexibility index (Phi) is 71.4. The standard InChI is InChI=1S/C86H146NO8P/c1-6-8-10-12-14-16-18-20-22-24-26-28-30-32-34-36-38-40-41-42-43-44-45-47-49-51-53-55-57-59-61-63-65-67-69-71-73-75-77-79-86(89)95-84(83-94-96(90,91)93-81-80-87(3,4)5)82-92-85(88)78-76-74-72-70-68-66-64-62-60-58-56-54-52-50-48-46-39-37-35-33-31-29-27-25-23-21-19-17-15-13-11-9-7-2/h8,10,14,16,19-22,25-28,31-34,38,40,42-43,45,47,51,53,57,59,84H,6-7,9,11-13,15,17-18,23-24,29-30,35-37,39,41,44,46,48-50,52,54-56,58,60-83H2,1-5H3/p+1/b10-8-,16-14-,21-19-,22-20-,27-25-,28-26-,33-31-,34-32-,40-38-,43-42-,47-45-,53-51-,59-57-. The summed E-state index contributed by atoms with van der Waals surface area (Å²) in [5.41, 5.74) is 0. The molecule has 0 bridgehead atoms. The maximum absolute atomic E-state index is 12.9. The van der Waals surface area contributed by atoms with E-state index in [-0.39, 0.29) is 32.0 Å². The molecule has 0 aliphatic carbocycles. The Bertz CT molecular complexity index is 2180. The van der Waals surface area contributed by atoms with Crippen molar-refractivity contribution in [3.8, 4) is 0 Å². The number of ether oxygens (including phenoxy) is 2. The summed E-state index contributed by atoms with van der Waals surface area (Å²) in [5.74, 6) is -0.806. The number of hydrogen-bond donors (Lipinski definition) is 1. The minimum absolute atomic E-state index is 0.0237. The van der Waals surface area contributed by atoms with Crippen molar-refractivity contribution < 1.29 is 42.1 Å². The Morgan fingerprint density at radius 3 is 0.885 bits per heavy atom. The van der Waals surface area contributed by atoms with Crippen LogP contribution in [0.4, 0.5) is 0 Å². The molecule has 0 heterocycles. The molecular formula is C86H147NO8P+. The molecule has 0 amide bonds. The van der Waals surface area contributed by atoms with E-state index in [1.54, 1.807) is 0 Å². The molecule has 0 aromatic rings. The Morgan fingerprint density at radius 2 is 0.594 bits per heavy atom. The van der Waals surface area contributed by atoms with Gasteiger partial charge >= 0.3 is 19.8 Å². The SMILES string of the molecule is CC/C=C\C/C=C\C/C=C\C/C=C\C/C=C\C/C=C\C/C=C\C/C=C\C/C=C\C/C=C\CCCCCCCCCCC(=O)OC(COC(=O)CCCCCCCCCCCCCCCCCCCC/C=C\C/C=C\C/C=C\CCCCCCC)COP(=O)(O)OCC[N+](C)(C)C. The van der Waals surface area contributed by atoms with E-state index < -0.39 is 26.5 Å². The topological polar surface area (TPSA) is 108 Å². The molecule has 548 valence electrons. The number of unbranched alkanes of at least 4 members (excludes halogenated alkanes) is 31. The number of carbonyl (C=O) groups excluding carboxylic acids is 2. The van der Waals surface area contributed by atoms with Crippen LogP contribution < -0.4 is 0 Å². The van der Waals surface area contributed by atoms with Gasteiger partial charge in [-0.25, -0.2) is 4.57 Å². The van der Waals surface area contributed by atoms with Crippen molar-refractivity contribution in [1.82, 2.24) is 0 Å². The van der Waals surface area contributed by atoms with Crippen molar-refractivity contribution in [2.24, 2.45) is 0 Å². The minimum Gasteiger partial charge on any atom is -0.462 e. The molecule has 0 rings (SSSR count). The molecule has 0 saturated heterocycles. The van der Waals surface area contributed by atoms with Crippen LogP contribution in [-0.2, 0) is 32.7 Å². The van der Waals surface area contributed by atoms with E-state index in [1.807, 2.05) is 21.1 Å². The lowest BCUT2D eigenvalue weighted by Crippen LogP contribution is -2.37. The van der Waals surface area contributed by atoms with E-state index in [0.29, 0.717) is 17.4 Å². The summed E-state index contributed by atoms with van der Waals surface area (Å²) in [6, 6.07) is 0. The Hall–Kier alpha value is -4.37. The van der Waals surface area contributed by atoms with Crippen LogP contribution in [0.5, 0.6) is 0 Å². The van der Waals surface area contributed by atoms with Crippen LogP contribution in [0.25, 0.3) is 0 Å².